The largest absolute Gasteiger partial charge is 0.506 e. The zero-order valence-corrected chi connectivity index (χ0v) is 12.6. The van der Waals surface area contributed by atoms with Gasteiger partial charge in [0.2, 0.25) is 0 Å². The van der Waals surface area contributed by atoms with Crippen LogP contribution in [0.25, 0.3) is 0 Å². The Morgan fingerprint density at radius 3 is 2.62 bits per heavy atom. The van der Waals surface area contributed by atoms with Gasteiger partial charge in [0.15, 0.2) is 0 Å². The van der Waals surface area contributed by atoms with Gasteiger partial charge in [-0.25, -0.2) is 4.79 Å². The lowest BCUT2D eigenvalue weighted by Crippen LogP contribution is -2.13. The fourth-order valence-electron chi connectivity index (χ4n) is 1.69. The molecule has 1 amide bonds. The van der Waals surface area contributed by atoms with Crippen molar-refractivity contribution in [3.63, 3.8) is 0 Å². The van der Waals surface area contributed by atoms with Gasteiger partial charge < -0.3 is 15.5 Å². The summed E-state index contributed by atoms with van der Waals surface area (Å²) < 4.78 is 0. The number of aromatic hydroxyl groups is 1. The van der Waals surface area contributed by atoms with E-state index in [0.29, 0.717) is 6.42 Å². The summed E-state index contributed by atoms with van der Waals surface area (Å²) in [5.41, 5.74) is 0.302. The molecule has 0 aliphatic carbocycles. The maximum absolute atomic E-state index is 12.1. The molecule has 0 aliphatic rings. The summed E-state index contributed by atoms with van der Waals surface area (Å²) in [6.45, 7) is 1.91. The minimum Gasteiger partial charge on any atom is -0.506 e. The molecule has 0 bridgehead atoms. The van der Waals surface area contributed by atoms with Gasteiger partial charge in [-0.15, -0.1) is 11.3 Å². The van der Waals surface area contributed by atoms with Gasteiger partial charge in [-0.1, -0.05) is 18.5 Å². The predicted molar refractivity (Wildman–Crippen MR) is 81.7 cm³/mol. The maximum atomic E-state index is 12.1. The Morgan fingerprint density at radius 1 is 1.33 bits per heavy atom. The van der Waals surface area contributed by atoms with E-state index in [1.807, 2.05) is 6.92 Å². The highest BCUT2D eigenvalue weighted by Crippen LogP contribution is 2.30. The molecule has 0 unspecified atom stereocenters. The second-order valence-electron chi connectivity index (χ2n) is 4.23. The third-order valence-electron chi connectivity index (χ3n) is 2.80. The van der Waals surface area contributed by atoms with Crippen LogP contribution in [0.15, 0.2) is 24.3 Å². The van der Waals surface area contributed by atoms with E-state index in [9.17, 15) is 14.7 Å². The number of phenolic OH excluding ortho intramolecular Hbond substituents is 1. The zero-order chi connectivity index (χ0) is 15.6. The Morgan fingerprint density at radius 2 is 2.05 bits per heavy atom. The van der Waals surface area contributed by atoms with Crippen LogP contribution in [0.3, 0.4) is 0 Å². The number of amides is 1. The molecule has 21 heavy (non-hydrogen) atoms. The van der Waals surface area contributed by atoms with Gasteiger partial charge >= 0.3 is 5.97 Å². The molecule has 0 atom stereocenters. The SMILES string of the molecule is CCc1cc(C(=O)O)c(NC(=O)c2ccc(O)c(Cl)c2)s1. The fraction of sp³-hybridized carbons (Fsp3) is 0.143. The summed E-state index contributed by atoms with van der Waals surface area (Å²) in [6.07, 6.45) is 0.686. The van der Waals surface area contributed by atoms with Crippen LogP contribution in [0.2, 0.25) is 5.02 Å². The summed E-state index contributed by atoms with van der Waals surface area (Å²) in [5, 5.41) is 21.4. The van der Waals surface area contributed by atoms with E-state index in [4.69, 9.17) is 16.7 Å². The number of halogens is 1. The normalized spacial score (nSPS) is 10.4. The van der Waals surface area contributed by atoms with Crippen molar-refractivity contribution in [3.05, 3.63) is 45.3 Å². The van der Waals surface area contributed by atoms with Crippen molar-refractivity contribution >= 4 is 39.8 Å². The standard InChI is InChI=1S/C14H12ClNO4S/c1-2-8-6-9(14(19)20)13(21-8)16-12(18)7-3-4-11(17)10(15)5-7/h3-6,17H,2H2,1H3,(H,16,18)(H,19,20). The van der Waals surface area contributed by atoms with Crippen LogP contribution in [0.5, 0.6) is 5.75 Å². The van der Waals surface area contributed by atoms with E-state index in [1.165, 1.54) is 29.5 Å². The molecule has 0 saturated carbocycles. The Labute approximate surface area is 129 Å². The molecular formula is C14H12ClNO4S. The number of phenols is 1. The molecule has 7 heteroatoms. The molecule has 0 saturated heterocycles. The number of hydrogen-bond acceptors (Lipinski definition) is 4. The first kappa shape index (κ1) is 15.3. The minimum atomic E-state index is -1.09. The topological polar surface area (TPSA) is 86.6 Å². The Balaban J connectivity index is 2.28. The molecule has 2 aromatic rings. The number of anilines is 1. The van der Waals surface area contributed by atoms with Crippen LogP contribution in [-0.2, 0) is 6.42 Å². The number of carbonyl (C=O) groups excluding carboxylic acids is 1. The average Bonchev–Trinajstić information content (AvgIpc) is 2.85. The number of aryl methyl sites for hydroxylation is 1. The summed E-state index contributed by atoms with van der Waals surface area (Å²) in [7, 11) is 0. The van der Waals surface area contributed by atoms with E-state index in [-0.39, 0.29) is 26.9 Å². The first-order valence-corrected chi connectivity index (χ1v) is 7.27. The highest BCUT2D eigenvalue weighted by atomic mass is 35.5. The van der Waals surface area contributed by atoms with Crippen LogP contribution in [-0.4, -0.2) is 22.1 Å². The number of carboxylic acids is 1. The van der Waals surface area contributed by atoms with Gasteiger partial charge in [0.25, 0.3) is 5.91 Å². The highest BCUT2D eigenvalue weighted by Gasteiger charge is 2.18. The minimum absolute atomic E-state index is 0.0570. The Hall–Kier alpha value is -2.05. The molecular weight excluding hydrogens is 314 g/mol. The second-order valence-corrected chi connectivity index (χ2v) is 5.78. The van der Waals surface area contributed by atoms with Gasteiger partial charge in [-0.3, -0.25) is 4.79 Å². The average molecular weight is 326 g/mol. The molecule has 1 aromatic carbocycles. The molecule has 0 fully saturated rings. The lowest BCUT2D eigenvalue weighted by molar-refractivity contribution is 0.0698. The fourth-order valence-corrected chi connectivity index (χ4v) is 2.86. The predicted octanol–water partition coefficient (Wildman–Crippen LogP) is 3.62. The molecule has 0 radical (unpaired) electrons. The zero-order valence-electron chi connectivity index (χ0n) is 11.0. The van der Waals surface area contributed by atoms with Crippen LogP contribution in [0, 0.1) is 0 Å². The Bertz CT molecular complexity index is 711. The molecule has 2 rings (SSSR count). The number of benzene rings is 1. The molecule has 0 spiro atoms. The first-order chi connectivity index (χ1) is 9.92. The van der Waals surface area contributed by atoms with Gasteiger partial charge in [-0.2, -0.15) is 0 Å². The number of hydrogen-bond donors (Lipinski definition) is 3. The van der Waals surface area contributed by atoms with Gasteiger partial charge in [0, 0.05) is 10.4 Å². The second kappa shape index (κ2) is 6.15. The van der Waals surface area contributed by atoms with E-state index in [1.54, 1.807) is 6.07 Å². The van der Waals surface area contributed by atoms with Crippen LogP contribution in [0.4, 0.5) is 5.00 Å². The van der Waals surface area contributed by atoms with E-state index >= 15 is 0 Å². The summed E-state index contributed by atoms with van der Waals surface area (Å²) >= 11 is 6.97. The third-order valence-corrected chi connectivity index (χ3v) is 4.30. The maximum Gasteiger partial charge on any atom is 0.338 e. The quantitative estimate of drug-likeness (QED) is 0.801. The van der Waals surface area contributed by atoms with E-state index in [0.717, 1.165) is 4.88 Å². The van der Waals surface area contributed by atoms with Crippen molar-refractivity contribution in [2.45, 2.75) is 13.3 Å². The van der Waals surface area contributed by atoms with Gasteiger partial charge in [0.1, 0.15) is 10.8 Å². The number of aromatic carboxylic acids is 1. The summed E-state index contributed by atoms with van der Waals surface area (Å²) in [4.78, 5) is 24.1. The molecule has 0 aliphatic heterocycles. The van der Waals surface area contributed by atoms with Gasteiger partial charge in [-0.05, 0) is 30.7 Å². The number of carboxylic acid groups (broad SMARTS) is 1. The lowest BCUT2D eigenvalue weighted by atomic mass is 10.2. The van der Waals surface area contributed by atoms with Crippen molar-refractivity contribution < 1.29 is 19.8 Å². The van der Waals surface area contributed by atoms with E-state index < -0.39 is 11.9 Å². The van der Waals surface area contributed by atoms with Crippen molar-refractivity contribution in [2.75, 3.05) is 5.32 Å². The van der Waals surface area contributed by atoms with Crippen molar-refractivity contribution in [2.24, 2.45) is 0 Å². The van der Waals surface area contributed by atoms with Crippen LogP contribution < -0.4 is 5.32 Å². The van der Waals surface area contributed by atoms with Crippen molar-refractivity contribution in [3.8, 4) is 5.75 Å². The molecule has 110 valence electrons. The molecule has 5 nitrogen and oxygen atoms in total. The summed E-state index contributed by atoms with van der Waals surface area (Å²) in [5.74, 6) is -1.70. The molecule has 3 N–H and O–H groups in total. The first-order valence-electron chi connectivity index (χ1n) is 6.08. The molecule has 1 aromatic heterocycles. The van der Waals surface area contributed by atoms with Crippen LogP contribution in [0.1, 0.15) is 32.5 Å². The summed E-state index contributed by atoms with van der Waals surface area (Å²) in [6, 6.07) is 5.58. The monoisotopic (exact) mass is 325 g/mol. The smallest absolute Gasteiger partial charge is 0.338 e. The number of thiophene rings is 1. The van der Waals surface area contributed by atoms with Gasteiger partial charge in [0.05, 0.1) is 10.6 Å². The third kappa shape index (κ3) is 3.34. The number of rotatable bonds is 4. The van der Waals surface area contributed by atoms with Crippen molar-refractivity contribution in [1.82, 2.24) is 0 Å². The highest BCUT2D eigenvalue weighted by molar-refractivity contribution is 7.16. The van der Waals surface area contributed by atoms with Crippen LogP contribution >= 0.6 is 22.9 Å². The number of carbonyl (C=O) groups is 2. The Kier molecular flexibility index (Phi) is 4.50. The molecule has 1 heterocycles. The van der Waals surface area contributed by atoms with E-state index in [2.05, 4.69) is 5.32 Å². The number of nitrogens with one attached hydrogen (secondary N) is 1. The lowest BCUT2D eigenvalue weighted by Gasteiger charge is -2.05. The van der Waals surface area contributed by atoms with Crippen molar-refractivity contribution in [1.29, 1.82) is 0 Å².